The molecule has 2 heterocycles. The molecule has 7 nitrogen and oxygen atoms in total. The zero-order valence-electron chi connectivity index (χ0n) is 9.99. The SMILES string of the molecule is CCn1ccnc1Cn1nnc(C(=O)O)c1C(F)F. The van der Waals surface area contributed by atoms with E-state index >= 15 is 0 Å². The van der Waals surface area contributed by atoms with Gasteiger partial charge < -0.3 is 9.67 Å². The molecule has 0 spiro atoms. The molecule has 0 saturated heterocycles. The smallest absolute Gasteiger partial charge is 0.358 e. The third-order valence-electron chi connectivity index (χ3n) is 2.62. The minimum absolute atomic E-state index is 0.0548. The Bertz CT molecular complexity index is 593. The molecule has 0 aliphatic carbocycles. The van der Waals surface area contributed by atoms with Crippen LogP contribution in [-0.4, -0.2) is 35.6 Å². The van der Waals surface area contributed by atoms with Crippen molar-refractivity contribution in [1.82, 2.24) is 24.5 Å². The molecule has 0 unspecified atom stereocenters. The van der Waals surface area contributed by atoms with Crippen molar-refractivity contribution in [2.24, 2.45) is 0 Å². The molecule has 0 radical (unpaired) electrons. The van der Waals surface area contributed by atoms with Crippen LogP contribution in [0.3, 0.4) is 0 Å². The third-order valence-corrected chi connectivity index (χ3v) is 2.62. The summed E-state index contributed by atoms with van der Waals surface area (Å²) in [6.45, 7) is 2.45. The third kappa shape index (κ3) is 2.44. The summed E-state index contributed by atoms with van der Waals surface area (Å²) in [4.78, 5) is 14.8. The number of alkyl halides is 2. The normalized spacial score (nSPS) is 11.2. The van der Waals surface area contributed by atoms with Gasteiger partial charge in [0.1, 0.15) is 18.1 Å². The number of carbonyl (C=O) groups is 1. The number of hydrogen-bond acceptors (Lipinski definition) is 4. The Kier molecular flexibility index (Phi) is 3.54. The first kappa shape index (κ1) is 13.1. The maximum absolute atomic E-state index is 12.9. The average molecular weight is 271 g/mol. The quantitative estimate of drug-likeness (QED) is 0.882. The van der Waals surface area contributed by atoms with E-state index in [1.165, 1.54) is 6.20 Å². The number of aromatic carboxylic acids is 1. The minimum Gasteiger partial charge on any atom is -0.476 e. The summed E-state index contributed by atoms with van der Waals surface area (Å²) in [5, 5.41) is 15.5. The fourth-order valence-corrected chi connectivity index (χ4v) is 1.72. The van der Waals surface area contributed by atoms with Crippen molar-refractivity contribution in [3.8, 4) is 0 Å². The predicted octanol–water partition coefficient (Wildman–Crippen LogP) is 1.18. The Morgan fingerprint density at radius 2 is 2.26 bits per heavy atom. The summed E-state index contributed by atoms with van der Waals surface area (Å²) in [5.41, 5.74) is -1.44. The van der Waals surface area contributed by atoms with Gasteiger partial charge in [0, 0.05) is 18.9 Å². The molecule has 0 aliphatic rings. The van der Waals surface area contributed by atoms with Crippen LogP contribution >= 0.6 is 0 Å². The van der Waals surface area contributed by atoms with Crippen molar-refractivity contribution in [3.63, 3.8) is 0 Å². The number of halogens is 2. The van der Waals surface area contributed by atoms with Gasteiger partial charge in [0.05, 0.1) is 0 Å². The van der Waals surface area contributed by atoms with E-state index in [2.05, 4.69) is 15.3 Å². The molecule has 19 heavy (non-hydrogen) atoms. The lowest BCUT2D eigenvalue weighted by atomic mass is 10.3. The molecule has 9 heteroatoms. The van der Waals surface area contributed by atoms with E-state index in [0.29, 0.717) is 12.4 Å². The number of rotatable bonds is 5. The average Bonchev–Trinajstić information content (AvgIpc) is 2.95. The zero-order chi connectivity index (χ0) is 14.0. The number of nitrogens with zero attached hydrogens (tertiary/aromatic N) is 5. The highest BCUT2D eigenvalue weighted by atomic mass is 19.3. The number of hydrogen-bond donors (Lipinski definition) is 1. The van der Waals surface area contributed by atoms with Gasteiger partial charge in [0.25, 0.3) is 6.43 Å². The second-order valence-electron chi connectivity index (χ2n) is 3.72. The summed E-state index contributed by atoms with van der Waals surface area (Å²) in [7, 11) is 0. The lowest BCUT2D eigenvalue weighted by Crippen LogP contribution is -2.13. The van der Waals surface area contributed by atoms with Gasteiger partial charge in [-0.3, -0.25) is 0 Å². The van der Waals surface area contributed by atoms with Gasteiger partial charge in [-0.15, -0.1) is 5.10 Å². The first-order chi connectivity index (χ1) is 9.04. The minimum atomic E-state index is -2.97. The Balaban J connectivity index is 2.38. The molecular formula is C10H11F2N5O2. The summed E-state index contributed by atoms with van der Waals surface area (Å²) in [6, 6.07) is 0. The molecule has 0 fully saturated rings. The van der Waals surface area contributed by atoms with E-state index in [0.717, 1.165) is 4.68 Å². The molecule has 1 N–H and O–H groups in total. The van der Waals surface area contributed by atoms with Gasteiger partial charge in [0.15, 0.2) is 5.69 Å². The van der Waals surface area contributed by atoms with Crippen LogP contribution in [-0.2, 0) is 13.1 Å². The molecule has 0 aliphatic heterocycles. The predicted molar refractivity (Wildman–Crippen MR) is 58.9 cm³/mol. The number of carboxylic acid groups (broad SMARTS) is 1. The van der Waals surface area contributed by atoms with Crippen molar-refractivity contribution in [1.29, 1.82) is 0 Å². The molecule has 2 aromatic rings. The van der Waals surface area contributed by atoms with Crippen molar-refractivity contribution < 1.29 is 18.7 Å². The second kappa shape index (κ2) is 5.12. The number of aromatic nitrogens is 5. The Labute approximate surface area is 106 Å². The highest BCUT2D eigenvalue weighted by Crippen LogP contribution is 2.22. The summed E-state index contributed by atoms with van der Waals surface area (Å²) >= 11 is 0. The molecule has 2 rings (SSSR count). The largest absolute Gasteiger partial charge is 0.476 e. The summed E-state index contributed by atoms with van der Waals surface area (Å²) in [5.74, 6) is -1.02. The van der Waals surface area contributed by atoms with Crippen LogP contribution in [0, 0.1) is 0 Å². The maximum Gasteiger partial charge on any atom is 0.358 e. The van der Waals surface area contributed by atoms with Gasteiger partial charge in [-0.1, -0.05) is 5.21 Å². The van der Waals surface area contributed by atoms with Crippen LogP contribution in [0.5, 0.6) is 0 Å². The molecule has 0 amide bonds. The van der Waals surface area contributed by atoms with Crippen molar-refractivity contribution in [3.05, 3.63) is 29.6 Å². The summed E-state index contributed by atoms with van der Waals surface area (Å²) < 4.78 is 28.4. The molecule has 0 bridgehead atoms. The van der Waals surface area contributed by atoms with Gasteiger partial charge in [-0.25, -0.2) is 23.2 Å². The van der Waals surface area contributed by atoms with Crippen LogP contribution < -0.4 is 0 Å². The van der Waals surface area contributed by atoms with Gasteiger partial charge in [-0.05, 0) is 6.92 Å². The Morgan fingerprint density at radius 1 is 1.53 bits per heavy atom. The van der Waals surface area contributed by atoms with Gasteiger partial charge in [0.2, 0.25) is 0 Å². The van der Waals surface area contributed by atoms with Crippen LogP contribution in [0.4, 0.5) is 8.78 Å². The highest BCUT2D eigenvalue weighted by Gasteiger charge is 2.26. The first-order valence-corrected chi connectivity index (χ1v) is 5.49. The van der Waals surface area contributed by atoms with Crippen molar-refractivity contribution in [2.45, 2.75) is 26.4 Å². The van der Waals surface area contributed by atoms with E-state index in [1.54, 1.807) is 10.8 Å². The van der Waals surface area contributed by atoms with Crippen LogP contribution in [0.1, 0.15) is 35.4 Å². The highest BCUT2D eigenvalue weighted by molar-refractivity contribution is 5.86. The molecule has 102 valence electrons. The van der Waals surface area contributed by atoms with Crippen LogP contribution in [0.25, 0.3) is 0 Å². The molecule has 0 atom stereocenters. The molecule has 0 saturated carbocycles. The number of aryl methyl sites for hydroxylation is 1. The Morgan fingerprint density at radius 3 is 2.84 bits per heavy atom. The van der Waals surface area contributed by atoms with E-state index in [4.69, 9.17) is 5.11 Å². The first-order valence-electron chi connectivity index (χ1n) is 5.49. The van der Waals surface area contributed by atoms with Crippen LogP contribution in [0.15, 0.2) is 12.4 Å². The van der Waals surface area contributed by atoms with Gasteiger partial charge in [-0.2, -0.15) is 0 Å². The maximum atomic E-state index is 12.9. The van der Waals surface area contributed by atoms with E-state index in [9.17, 15) is 13.6 Å². The van der Waals surface area contributed by atoms with Crippen molar-refractivity contribution >= 4 is 5.97 Å². The number of imidazole rings is 1. The zero-order valence-corrected chi connectivity index (χ0v) is 9.99. The lowest BCUT2D eigenvalue weighted by molar-refractivity contribution is 0.0675. The second-order valence-corrected chi connectivity index (χ2v) is 3.72. The monoisotopic (exact) mass is 271 g/mol. The fraction of sp³-hybridized carbons (Fsp3) is 0.400. The van der Waals surface area contributed by atoms with Crippen molar-refractivity contribution in [2.75, 3.05) is 0 Å². The molecular weight excluding hydrogens is 260 g/mol. The van der Waals surface area contributed by atoms with Gasteiger partial charge >= 0.3 is 5.97 Å². The molecule has 2 aromatic heterocycles. The standard InChI is InChI=1S/C10H11F2N5O2/c1-2-16-4-3-13-6(16)5-17-8(9(11)12)7(10(18)19)14-15-17/h3-4,9H,2,5H2,1H3,(H,18,19). The molecule has 0 aromatic carbocycles. The van der Waals surface area contributed by atoms with Crippen LogP contribution in [0.2, 0.25) is 0 Å². The van der Waals surface area contributed by atoms with E-state index in [1.807, 2.05) is 6.92 Å². The van der Waals surface area contributed by atoms with E-state index in [-0.39, 0.29) is 6.54 Å². The summed E-state index contributed by atoms with van der Waals surface area (Å²) in [6.07, 6.45) is 0.272. The fourth-order valence-electron chi connectivity index (χ4n) is 1.72. The lowest BCUT2D eigenvalue weighted by Gasteiger charge is -2.07. The Hall–Kier alpha value is -2.32. The topological polar surface area (TPSA) is 85.8 Å². The number of carboxylic acids is 1. The van der Waals surface area contributed by atoms with E-state index < -0.39 is 23.8 Å².